The predicted molar refractivity (Wildman–Crippen MR) is 82.0 cm³/mol. The van der Waals surface area contributed by atoms with Crippen molar-refractivity contribution < 1.29 is 14.3 Å². The summed E-state index contributed by atoms with van der Waals surface area (Å²) < 4.78 is 5.51. The molecule has 0 radical (unpaired) electrons. The average Bonchev–Trinajstić information content (AvgIpc) is 2.44. The van der Waals surface area contributed by atoms with Crippen molar-refractivity contribution in [1.82, 2.24) is 10.6 Å². The van der Waals surface area contributed by atoms with Crippen LogP contribution in [0.3, 0.4) is 0 Å². The van der Waals surface area contributed by atoms with Crippen molar-refractivity contribution in [2.24, 2.45) is 5.41 Å². The number of carbonyl (C=O) groups is 2. The van der Waals surface area contributed by atoms with Crippen LogP contribution in [-0.2, 0) is 9.59 Å². The maximum atomic E-state index is 11.6. The lowest BCUT2D eigenvalue weighted by atomic mass is 9.96. The standard InChI is InChI=1S/C16H24N2O3/c1-16(2,3)15(20)18-12-14(19)17-10-7-11-21-13-8-5-4-6-9-13/h4-6,8-9H,7,10-12H2,1-3H3,(H,17,19)(H,18,20). The van der Waals surface area contributed by atoms with Crippen molar-refractivity contribution in [2.45, 2.75) is 27.2 Å². The van der Waals surface area contributed by atoms with Crippen LogP contribution in [0.25, 0.3) is 0 Å². The summed E-state index contributed by atoms with van der Waals surface area (Å²) in [7, 11) is 0. The van der Waals surface area contributed by atoms with Gasteiger partial charge in [-0.1, -0.05) is 39.0 Å². The minimum absolute atomic E-state index is 0.00957. The molecule has 1 aromatic rings. The third-order valence-electron chi connectivity index (χ3n) is 2.75. The first-order valence-electron chi connectivity index (χ1n) is 7.12. The van der Waals surface area contributed by atoms with Crippen LogP contribution >= 0.6 is 0 Å². The van der Waals surface area contributed by atoms with E-state index >= 15 is 0 Å². The highest BCUT2D eigenvalue weighted by Gasteiger charge is 2.21. The van der Waals surface area contributed by atoms with Gasteiger partial charge in [0.05, 0.1) is 13.2 Å². The number of carbonyl (C=O) groups excluding carboxylic acids is 2. The maximum Gasteiger partial charge on any atom is 0.239 e. The van der Waals surface area contributed by atoms with Gasteiger partial charge in [-0.2, -0.15) is 0 Å². The van der Waals surface area contributed by atoms with Crippen molar-refractivity contribution in [2.75, 3.05) is 19.7 Å². The molecule has 0 saturated heterocycles. The van der Waals surface area contributed by atoms with Gasteiger partial charge in [-0.15, -0.1) is 0 Å². The van der Waals surface area contributed by atoms with Gasteiger partial charge in [0.1, 0.15) is 5.75 Å². The second kappa shape index (κ2) is 8.29. The van der Waals surface area contributed by atoms with Gasteiger partial charge in [-0.3, -0.25) is 9.59 Å². The number of hydrogen-bond donors (Lipinski definition) is 2. The van der Waals surface area contributed by atoms with Crippen LogP contribution < -0.4 is 15.4 Å². The van der Waals surface area contributed by atoms with Crippen LogP contribution in [0.15, 0.2) is 30.3 Å². The van der Waals surface area contributed by atoms with Gasteiger partial charge < -0.3 is 15.4 Å². The van der Waals surface area contributed by atoms with E-state index in [-0.39, 0.29) is 18.4 Å². The number of ether oxygens (including phenoxy) is 1. The quantitative estimate of drug-likeness (QED) is 0.752. The third-order valence-corrected chi connectivity index (χ3v) is 2.75. The molecule has 2 amide bonds. The average molecular weight is 292 g/mol. The summed E-state index contributed by atoms with van der Waals surface area (Å²) in [5.41, 5.74) is -0.482. The van der Waals surface area contributed by atoms with Gasteiger partial charge in [-0.05, 0) is 18.6 Å². The normalized spacial score (nSPS) is 10.8. The van der Waals surface area contributed by atoms with Crippen LogP contribution in [0.2, 0.25) is 0 Å². The molecule has 0 heterocycles. The maximum absolute atomic E-state index is 11.6. The molecule has 0 atom stereocenters. The lowest BCUT2D eigenvalue weighted by Gasteiger charge is -2.17. The molecule has 0 aliphatic rings. The largest absolute Gasteiger partial charge is 0.494 e. The zero-order valence-corrected chi connectivity index (χ0v) is 12.9. The van der Waals surface area contributed by atoms with E-state index in [0.29, 0.717) is 19.6 Å². The topological polar surface area (TPSA) is 67.4 Å². The fraction of sp³-hybridized carbons (Fsp3) is 0.500. The monoisotopic (exact) mass is 292 g/mol. The number of amides is 2. The molecule has 0 saturated carbocycles. The fourth-order valence-electron chi connectivity index (χ4n) is 1.49. The minimum atomic E-state index is -0.482. The Hall–Kier alpha value is -2.04. The number of hydrogen-bond acceptors (Lipinski definition) is 3. The van der Waals surface area contributed by atoms with Crippen LogP contribution in [0.1, 0.15) is 27.2 Å². The molecule has 5 nitrogen and oxygen atoms in total. The summed E-state index contributed by atoms with van der Waals surface area (Å²) in [6.07, 6.45) is 0.716. The van der Waals surface area contributed by atoms with Crippen LogP contribution in [0, 0.1) is 5.41 Å². The molecular weight excluding hydrogens is 268 g/mol. The zero-order valence-electron chi connectivity index (χ0n) is 12.9. The van der Waals surface area contributed by atoms with E-state index < -0.39 is 5.41 Å². The SMILES string of the molecule is CC(C)(C)C(=O)NCC(=O)NCCCOc1ccccc1. The van der Waals surface area contributed by atoms with Crippen LogP contribution in [0.5, 0.6) is 5.75 Å². The summed E-state index contributed by atoms with van der Waals surface area (Å²) in [4.78, 5) is 23.1. The Bertz CT molecular complexity index is 452. The molecule has 1 rings (SSSR count). The molecule has 0 fully saturated rings. The number of nitrogens with one attached hydrogen (secondary N) is 2. The van der Waals surface area contributed by atoms with Gasteiger partial charge in [0.15, 0.2) is 0 Å². The van der Waals surface area contributed by atoms with Crippen molar-refractivity contribution in [1.29, 1.82) is 0 Å². The van der Waals surface area contributed by atoms with Gasteiger partial charge in [-0.25, -0.2) is 0 Å². The highest BCUT2D eigenvalue weighted by Crippen LogP contribution is 2.11. The van der Waals surface area contributed by atoms with Crippen molar-refractivity contribution in [3.8, 4) is 5.75 Å². The molecule has 0 spiro atoms. The van der Waals surface area contributed by atoms with Crippen molar-refractivity contribution in [3.05, 3.63) is 30.3 Å². The van der Waals surface area contributed by atoms with Gasteiger partial charge in [0.25, 0.3) is 0 Å². The van der Waals surface area contributed by atoms with Crippen molar-refractivity contribution in [3.63, 3.8) is 0 Å². The highest BCUT2D eigenvalue weighted by molar-refractivity contribution is 5.87. The molecule has 1 aromatic carbocycles. The van der Waals surface area contributed by atoms with E-state index in [4.69, 9.17) is 4.74 Å². The van der Waals surface area contributed by atoms with E-state index in [0.717, 1.165) is 5.75 Å². The summed E-state index contributed by atoms with van der Waals surface area (Å²) in [5, 5.41) is 5.35. The second-order valence-corrected chi connectivity index (χ2v) is 5.80. The Morgan fingerprint density at radius 2 is 1.76 bits per heavy atom. The summed E-state index contributed by atoms with van der Waals surface area (Å²) in [5.74, 6) is 0.499. The fourth-order valence-corrected chi connectivity index (χ4v) is 1.49. The van der Waals surface area contributed by atoms with Gasteiger partial charge >= 0.3 is 0 Å². The lowest BCUT2D eigenvalue weighted by molar-refractivity contribution is -0.131. The molecule has 0 aromatic heterocycles. The molecule has 0 unspecified atom stereocenters. The molecular formula is C16H24N2O3. The molecule has 2 N–H and O–H groups in total. The Kier molecular flexibility index (Phi) is 6.72. The first-order chi connectivity index (χ1) is 9.89. The Labute approximate surface area is 126 Å². The Balaban J connectivity index is 2.07. The van der Waals surface area contributed by atoms with E-state index in [1.165, 1.54) is 0 Å². The second-order valence-electron chi connectivity index (χ2n) is 5.80. The molecule has 21 heavy (non-hydrogen) atoms. The Morgan fingerprint density at radius 1 is 1.10 bits per heavy atom. The van der Waals surface area contributed by atoms with Gasteiger partial charge in [0.2, 0.25) is 11.8 Å². The molecule has 0 aliphatic heterocycles. The molecule has 0 aliphatic carbocycles. The highest BCUT2D eigenvalue weighted by atomic mass is 16.5. The van der Waals surface area contributed by atoms with E-state index in [1.807, 2.05) is 30.3 Å². The van der Waals surface area contributed by atoms with E-state index in [1.54, 1.807) is 20.8 Å². The lowest BCUT2D eigenvalue weighted by Crippen LogP contribution is -2.42. The number of para-hydroxylation sites is 1. The molecule has 5 heteroatoms. The molecule has 116 valence electrons. The van der Waals surface area contributed by atoms with E-state index in [2.05, 4.69) is 10.6 Å². The summed E-state index contributed by atoms with van der Waals surface area (Å²) >= 11 is 0. The van der Waals surface area contributed by atoms with Crippen molar-refractivity contribution >= 4 is 11.8 Å². The third kappa shape index (κ3) is 7.34. The van der Waals surface area contributed by atoms with E-state index in [9.17, 15) is 9.59 Å². The van der Waals surface area contributed by atoms with Crippen LogP contribution in [-0.4, -0.2) is 31.5 Å². The predicted octanol–water partition coefficient (Wildman–Crippen LogP) is 1.73. The Morgan fingerprint density at radius 3 is 2.38 bits per heavy atom. The summed E-state index contributed by atoms with van der Waals surface area (Å²) in [6.45, 7) is 6.49. The smallest absolute Gasteiger partial charge is 0.239 e. The first-order valence-corrected chi connectivity index (χ1v) is 7.12. The number of benzene rings is 1. The van der Waals surface area contributed by atoms with Gasteiger partial charge in [0, 0.05) is 12.0 Å². The first kappa shape index (κ1) is 17.0. The number of rotatable bonds is 7. The molecule has 0 bridgehead atoms. The summed E-state index contributed by atoms with van der Waals surface area (Å²) in [6, 6.07) is 9.53. The minimum Gasteiger partial charge on any atom is -0.494 e. The zero-order chi connectivity index (χ0) is 15.7. The van der Waals surface area contributed by atoms with Crippen LogP contribution in [0.4, 0.5) is 0 Å².